The number of allylic oxidation sites excluding steroid dienone is 2. The van der Waals surface area contributed by atoms with Crippen molar-refractivity contribution < 1.29 is 9.53 Å². The number of ether oxygens (including phenoxy) is 1. The van der Waals surface area contributed by atoms with Gasteiger partial charge in [-0.3, -0.25) is 0 Å². The summed E-state index contributed by atoms with van der Waals surface area (Å²) in [6.45, 7) is 2.17. The monoisotopic (exact) mass is 282 g/mol. The van der Waals surface area contributed by atoms with Crippen molar-refractivity contribution in [1.82, 2.24) is 0 Å². The van der Waals surface area contributed by atoms with Crippen LogP contribution in [-0.2, 0) is 9.53 Å². The lowest BCUT2D eigenvalue weighted by molar-refractivity contribution is -0.137. The largest absolute Gasteiger partial charge is 0.463 e. The summed E-state index contributed by atoms with van der Waals surface area (Å²) >= 11 is 6.28. The zero-order valence-corrected chi connectivity index (χ0v) is 9.18. The first-order valence-electron chi connectivity index (χ1n) is 3.03. The molecule has 4 heteroatoms. The second-order valence-electron chi connectivity index (χ2n) is 1.57. The van der Waals surface area contributed by atoms with E-state index in [9.17, 15) is 4.79 Å². The van der Waals surface area contributed by atoms with Crippen molar-refractivity contribution in [2.75, 3.05) is 6.61 Å². The van der Waals surface area contributed by atoms with Gasteiger partial charge in [0.2, 0.25) is 0 Å². The van der Waals surface area contributed by atoms with Crippen LogP contribution in [0.3, 0.4) is 0 Å². The number of rotatable bonds is 3. The van der Waals surface area contributed by atoms with Crippen LogP contribution >= 0.6 is 31.9 Å². The Morgan fingerprint density at radius 2 is 2.18 bits per heavy atom. The van der Waals surface area contributed by atoms with Gasteiger partial charge in [0.15, 0.2) is 0 Å². The molecule has 0 fully saturated rings. The molecule has 0 spiro atoms. The molecule has 0 heterocycles. The number of esters is 1. The highest BCUT2D eigenvalue weighted by molar-refractivity contribution is 9.28. The number of hydrogen-bond donors (Lipinski definition) is 0. The summed E-state index contributed by atoms with van der Waals surface area (Å²) < 4.78 is 5.42. The van der Waals surface area contributed by atoms with Crippen molar-refractivity contribution in [2.24, 2.45) is 0 Å². The van der Waals surface area contributed by atoms with Crippen molar-refractivity contribution in [2.45, 2.75) is 6.92 Å². The van der Waals surface area contributed by atoms with Crippen molar-refractivity contribution in [1.29, 1.82) is 0 Å². The van der Waals surface area contributed by atoms with Gasteiger partial charge in [-0.05, 0) is 44.9 Å². The summed E-state index contributed by atoms with van der Waals surface area (Å²) in [5, 5.41) is 0. The van der Waals surface area contributed by atoms with Crippen LogP contribution in [0.1, 0.15) is 6.92 Å². The average Bonchev–Trinajstić information content (AvgIpc) is 1.87. The highest BCUT2D eigenvalue weighted by Crippen LogP contribution is 2.12. The summed E-state index contributed by atoms with van der Waals surface area (Å²) in [4.78, 5) is 10.7. The van der Waals surface area contributed by atoms with E-state index >= 15 is 0 Å². The maximum atomic E-state index is 10.7. The SMILES string of the molecule is CCOC(=O)/C=C/C=C(Br)Br. The second-order valence-corrected chi connectivity index (χ2v) is 4.34. The van der Waals surface area contributed by atoms with Crippen molar-refractivity contribution in [3.8, 4) is 0 Å². The molecule has 0 saturated carbocycles. The molecule has 0 atom stereocenters. The Kier molecular flexibility index (Phi) is 6.56. The summed E-state index contributed by atoms with van der Waals surface area (Å²) in [6, 6.07) is 0. The minimum atomic E-state index is -0.329. The van der Waals surface area contributed by atoms with Crippen LogP contribution in [0.5, 0.6) is 0 Å². The maximum absolute atomic E-state index is 10.7. The van der Waals surface area contributed by atoms with Crippen LogP contribution in [-0.4, -0.2) is 12.6 Å². The van der Waals surface area contributed by atoms with Gasteiger partial charge in [0, 0.05) is 6.08 Å². The number of carbonyl (C=O) groups is 1. The predicted octanol–water partition coefficient (Wildman–Crippen LogP) is 2.74. The molecule has 0 aromatic heterocycles. The standard InChI is InChI=1S/C7H8Br2O2/c1-2-11-7(10)5-3-4-6(8)9/h3-5H,2H2,1H3/b5-3+. The van der Waals surface area contributed by atoms with E-state index in [1.807, 2.05) is 0 Å². The van der Waals surface area contributed by atoms with E-state index in [1.165, 1.54) is 6.08 Å². The van der Waals surface area contributed by atoms with Crippen molar-refractivity contribution in [3.05, 3.63) is 21.6 Å². The summed E-state index contributed by atoms with van der Waals surface area (Å²) in [5.41, 5.74) is 0. The Morgan fingerprint density at radius 3 is 2.64 bits per heavy atom. The number of halogens is 2. The zero-order chi connectivity index (χ0) is 8.69. The predicted molar refractivity (Wildman–Crippen MR) is 51.7 cm³/mol. The van der Waals surface area contributed by atoms with Crippen LogP contribution in [0.2, 0.25) is 0 Å². The Labute approximate surface area is 82.6 Å². The van der Waals surface area contributed by atoms with Gasteiger partial charge in [0.05, 0.1) is 10.00 Å². The Bertz CT molecular complexity index is 181. The fourth-order valence-corrected chi connectivity index (χ4v) is 0.695. The van der Waals surface area contributed by atoms with E-state index in [2.05, 4.69) is 36.6 Å². The quantitative estimate of drug-likeness (QED) is 0.452. The van der Waals surface area contributed by atoms with Crippen LogP contribution in [0.15, 0.2) is 21.6 Å². The lowest BCUT2D eigenvalue weighted by Gasteiger charge is -1.92. The highest BCUT2D eigenvalue weighted by Gasteiger charge is 1.90. The average molecular weight is 284 g/mol. The molecule has 0 amide bonds. The van der Waals surface area contributed by atoms with E-state index in [0.717, 1.165) is 3.39 Å². The van der Waals surface area contributed by atoms with Gasteiger partial charge in [0.1, 0.15) is 0 Å². The Balaban J connectivity index is 3.74. The Morgan fingerprint density at radius 1 is 1.55 bits per heavy atom. The minimum absolute atomic E-state index is 0.329. The molecule has 0 aliphatic heterocycles. The van der Waals surface area contributed by atoms with E-state index in [0.29, 0.717) is 6.61 Å². The molecule has 62 valence electrons. The molecule has 0 aliphatic rings. The molecule has 0 bridgehead atoms. The first kappa shape index (κ1) is 10.9. The van der Waals surface area contributed by atoms with Gasteiger partial charge >= 0.3 is 5.97 Å². The molecule has 0 aromatic carbocycles. The van der Waals surface area contributed by atoms with E-state index in [-0.39, 0.29) is 5.97 Å². The third-order valence-corrected chi connectivity index (χ3v) is 1.27. The molecule has 0 rings (SSSR count). The van der Waals surface area contributed by atoms with E-state index in [4.69, 9.17) is 0 Å². The van der Waals surface area contributed by atoms with Gasteiger partial charge in [-0.25, -0.2) is 4.79 Å². The second kappa shape index (κ2) is 6.61. The third-order valence-electron chi connectivity index (χ3n) is 0.741. The molecule has 11 heavy (non-hydrogen) atoms. The number of carbonyl (C=O) groups excluding carboxylic acids is 1. The molecule has 0 aliphatic carbocycles. The van der Waals surface area contributed by atoms with Gasteiger partial charge in [-0.2, -0.15) is 0 Å². The highest BCUT2D eigenvalue weighted by atomic mass is 79.9. The molecular weight excluding hydrogens is 276 g/mol. The molecular formula is C7H8Br2O2. The maximum Gasteiger partial charge on any atom is 0.330 e. The van der Waals surface area contributed by atoms with Gasteiger partial charge < -0.3 is 4.74 Å². The van der Waals surface area contributed by atoms with E-state index < -0.39 is 0 Å². The van der Waals surface area contributed by atoms with Crippen LogP contribution in [0, 0.1) is 0 Å². The summed E-state index contributed by atoms with van der Waals surface area (Å²) in [6.07, 6.45) is 4.64. The topological polar surface area (TPSA) is 26.3 Å². The van der Waals surface area contributed by atoms with Crippen molar-refractivity contribution >= 4 is 37.8 Å². The number of hydrogen-bond acceptors (Lipinski definition) is 2. The first-order valence-corrected chi connectivity index (χ1v) is 4.61. The van der Waals surface area contributed by atoms with E-state index in [1.54, 1.807) is 19.1 Å². The van der Waals surface area contributed by atoms with Crippen LogP contribution in [0.4, 0.5) is 0 Å². The summed E-state index contributed by atoms with van der Waals surface area (Å²) in [5.74, 6) is -0.329. The molecule has 0 saturated heterocycles. The molecule has 0 aromatic rings. The van der Waals surface area contributed by atoms with Crippen LogP contribution in [0.25, 0.3) is 0 Å². The van der Waals surface area contributed by atoms with Crippen LogP contribution < -0.4 is 0 Å². The zero-order valence-electron chi connectivity index (χ0n) is 6.01. The summed E-state index contributed by atoms with van der Waals surface area (Å²) in [7, 11) is 0. The minimum Gasteiger partial charge on any atom is -0.463 e. The lowest BCUT2D eigenvalue weighted by atomic mass is 10.5. The first-order chi connectivity index (χ1) is 5.16. The van der Waals surface area contributed by atoms with Gasteiger partial charge in [-0.1, -0.05) is 6.08 Å². The Hall–Kier alpha value is -0.0900. The van der Waals surface area contributed by atoms with Gasteiger partial charge in [0.25, 0.3) is 0 Å². The molecule has 0 N–H and O–H groups in total. The molecule has 0 radical (unpaired) electrons. The van der Waals surface area contributed by atoms with Crippen molar-refractivity contribution in [3.63, 3.8) is 0 Å². The normalized spacial score (nSPS) is 9.73. The molecule has 2 nitrogen and oxygen atoms in total. The molecule has 0 unspecified atom stereocenters. The fourth-order valence-electron chi connectivity index (χ4n) is 0.390. The third kappa shape index (κ3) is 7.81. The fraction of sp³-hybridized carbons (Fsp3) is 0.286. The smallest absolute Gasteiger partial charge is 0.330 e. The van der Waals surface area contributed by atoms with Gasteiger partial charge in [-0.15, -0.1) is 0 Å². The lowest BCUT2D eigenvalue weighted by Crippen LogP contribution is -1.98.